The highest BCUT2D eigenvalue weighted by Crippen LogP contribution is 2.07. The molecule has 0 unspecified atom stereocenters. The van der Waals surface area contributed by atoms with E-state index in [0.29, 0.717) is 12.6 Å². The number of sulfonamides is 1. The van der Waals surface area contributed by atoms with Crippen LogP contribution in [-0.2, 0) is 14.8 Å². The average Bonchev–Trinajstić information content (AvgIpc) is 2.69. The highest BCUT2D eigenvalue weighted by Gasteiger charge is 2.15. The van der Waals surface area contributed by atoms with Gasteiger partial charge in [0.15, 0.2) is 0 Å². The average molecular weight is 264 g/mol. The van der Waals surface area contributed by atoms with E-state index in [9.17, 15) is 8.42 Å². The zero-order valence-corrected chi connectivity index (χ0v) is 11.6. The molecule has 102 valence electrons. The van der Waals surface area contributed by atoms with Gasteiger partial charge in [0.2, 0.25) is 10.0 Å². The quantitative estimate of drug-likeness (QED) is 0.669. The fraction of sp³-hybridized carbons (Fsp3) is 1.00. The second kappa shape index (κ2) is 7.31. The Balaban J connectivity index is 2.11. The van der Waals surface area contributed by atoms with E-state index in [1.807, 2.05) is 13.8 Å². The minimum absolute atomic E-state index is 0.0449. The van der Waals surface area contributed by atoms with E-state index >= 15 is 0 Å². The van der Waals surface area contributed by atoms with Crippen LogP contribution in [0, 0.1) is 0 Å². The monoisotopic (exact) mass is 264 g/mol. The summed E-state index contributed by atoms with van der Waals surface area (Å²) in [6, 6.07) is 0.476. The molecule has 1 aliphatic heterocycles. The van der Waals surface area contributed by atoms with E-state index in [-0.39, 0.29) is 18.5 Å². The molecule has 1 saturated heterocycles. The van der Waals surface area contributed by atoms with Gasteiger partial charge in [-0.05, 0) is 39.7 Å². The van der Waals surface area contributed by atoms with E-state index in [1.54, 1.807) is 0 Å². The van der Waals surface area contributed by atoms with Crippen molar-refractivity contribution in [2.24, 2.45) is 0 Å². The number of hydrogen-bond donors (Lipinski definition) is 2. The zero-order chi connectivity index (χ0) is 12.7. The summed E-state index contributed by atoms with van der Waals surface area (Å²) in [6.07, 6.45) is 3.29. The molecule has 0 aromatic heterocycles. The largest absolute Gasteiger partial charge is 0.378 e. The molecule has 2 N–H and O–H groups in total. The summed E-state index contributed by atoms with van der Waals surface area (Å²) in [5.41, 5.74) is 0. The Morgan fingerprint density at radius 1 is 1.47 bits per heavy atom. The van der Waals surface area contributed by atoms with Gasteiger partial charge in [0.1, 0.15) is 0 Å². The first-order valence-corrected chi connectivity index (χ1v) is 7.97. The molecule has 0 aromatic rings. The molecule has 0 bridgehead atoms. The van der Waals surface area contributed by atoms with Crippen LogP contribution in [0.4, 0.5) is 0 Å². The summed E-state index contributed by atoms with van der Waals surface area (Å²) in [5, 5.41) is 3.34. The maximum Gasteiger partial charge on any atom is 0.213 e. The summed E-state index contributed by atoms with van der Waals surface area (Å²) < 4.78 is 31.0. The SMILES string of the molecule is CC(C)OCCS(=O)(=O)NCC[C@@H]1CCCN1. The molecule has 1 atom stereocenters. The van der Waals surface area contributed by atoms with Crippen LogP contribution in [0.25, 0.3) is 0 Å². The highest BCUT2D eigenvalue weighted by molar-refractivity contribution is 7.89. The summed E-state index contributed by atoms with van der Waals surface area (Å²) in [6.45, 7) is 5.62. The smallest absolute Gasteiger partial charge is 0.213 e. The molecule has 0 saturated carbocycles. The van der Waals surface area contributed by atoms with Crippen molar-refractivity contribution in [3.63, 3.8) is 0 Å². The first-order chi connectivity index (χ1) is 7.99. The number of nitrogens with one attached hydrogen (secondary N) is 2. The lowest BCUT2D eigenvalue weighted by Gasteiger charge is -2.12. The van der Waals surface area contributed by atoms with Crippen molar-refractivity contribution in [3.8, 4) is 0 Å². The van der Waals surface area contributed by atoms with Gasteiger partial charge in [0.25, 0.3) is 0 Å². The van der Waals surface area contributed by atoms with Crippen LogP contribution < -0.4 is 10.0 Å². The van der Waals surface area contributed by atoms with Crippen LogP contribution in [0.15, 0.2) is 0 Å². The second-order valence-corrected chi connectivity index (χ2v) is 6.64. The Labute approximate surface area is 104 Å². The van der Waals surface area contributed by atoms with Gasteiger partial charge in [-0.25, -0.2) is 13.1 Å². The molecule has 1 fully saturated rings. The van der Waals surface area contributed by atoms with E-state index in [0.717, 1.165) is 19.4 Å². The van der Waals surface area contributed by atoms with Gasteiger partial charge in [-0.15, -0.1) is 0 Å². The second-order valence-electron chi connectivity index (χ2n) is 4.71. The normalized spacial score (nSPS) is 21.2. The van der Waals surface area contributed by atoms with Crippen molar-refractivity contribution in [1.82, 2.24) is 10.0 Å². The van der Waals surface area contributed by atoms with Crippen LogP contribution in [0.2, 0.25) is 0 Å². The number of ether oxygens (including phenoxy) is 1. The van der Waals surface area contributed by atoms with E-state index < -0.39 is 10.0 Å². The Bertz CT molecular complexity index is 298. The Morgan fingerprint density at radius 2 is 2.24 bits per heavy atom. The predicted octanol–water partition coefficient (Wildman–Crippen LogP) is 0.473. The maximum absolute atomic E-state index is 11.6. The zero-order valence-electron chi connectivity index (χ0n) is 10.7. The van der Waals surface area contributed by atoms with E-state index in [2.05, 4.69) is 10.0 Å². The molecule has 1 rings (SSSR count). The summed E-state index contributed by atoms with van der Waals surface area (Å²) in [5.74, 6) is 0.0449. The van der Waals surface area contributed by atoms with Crippen LogP contribution in [0.1, 0.15) is 33.1 Å². The fourth-order valence-electron chi connectivity index (χ4n) is 1.86. The maximum atomic E-state index is 11.6. The molecule has 0 aromatic carbocycles. The predicted molar refractivity (Wildman–Crippen MR) is 68.5 cm³/mol. The van der Waals surface area contributed by atoms with Crippen LogP contribution >= 0.6 is 0 Å². The van der Waals surface area contributed by atoms with Gasteiger partial charge in [-0.3, -0.25) is 0 Å². The number of hydrogen-bond acceptors (Lipinski definition) is 4. The van der Waals surface area contributed by atoms with Gasteiger partial charge >= 0.3 is 0 Å². The van der Waals surface area contributed by atoms with Crippen molar-refractivity contribution in [2.75, 3.05) is 25.4 Å². The van der Waals surface area contributed by atoms with Gasteiger partial charge in [-0.1, -0.05) is 0 Å². The lowest BCUT2D eigenvalue weighted by atomic mass is 10.2. The summed E-state index contributed by atoms with van der Waals surface area (Å²) in [4.78, 5) is 0. The molecule has 1 heterocycles. The van der Waals surface area contributed by atoms with Crippen LogP contribution in [-0.4, -0.2) is 46.0 Å². The van der Waals surface area contributed by atoms with Crippen molar-refractivity contribution in [2.45, 2.75) is 45.3 Å². The van der Waals surface area contributed by atoms with E-state index in [4.69, 9.17) is 4.74 Å². The third-order valence-corrected chi connectivity index (χ3v) is 4.13. The highest BCUT2D eigenvalue weighted by atomic mass is 32.2. The van der Waals surface area contributed by atoms with Crippen molar-refractivity contribution >= 4 is 10.0 Å². The fourth-order valence-corrected chi connectivity index (χ4v) is 2.75. The Morgan fingerprint density at radius 3 is 2.82 bits per heavy atom. The topological polar surface area (TPSA) is 67.4 Å². The van der Waals surface area contributed by atoms with Crippen molar-refractivity contribution in [1.29, 1.82) is 0 Å². The first-order valence-electron chi connectivity index (χ1n) is 6.32. The lowest BCUT2D eigenvalue weighted by Crippen LogP contribution is -2.33. The van der Waals surface area contributed by atoms with Crippen molar-refractivity contribution < 1.29 is 13.2 Å². The van der Waals surface area contributed by atoms with Gasteiger partial charge in [0, 0.05) is 12.6 Å². The first kappa shape index (κ1) is 14.9. The third-order valence-electron chi connectivity index (χ3n) is 2.78. The molecule has 0 radical (unpaired) electrons. The molecule has 0 aliphatic carbocycles. The third kappa shape index (κ3) is 6.98. The van der Waals surface area contributed by atoms with E-state index in [1.165, 1.54) is 6.42 Å². The van der Waals surface area contributed by atoms with Crippen molar-refractivity contribution in [3.05, 3.63) is 0 Å². The minimum atomic E-state index is -3.17. The Hall–Kier alpha value is -0.170. The summed E-state index contributed by atoms with van der Waals surface area (Å²) >= 11 is 0. The van der Waals surface area contributed by atoms with Gasteiger partial charge in [0.05, 0.1) is 18.5 Å². The molecule has 17 heavy (non-hydrogen) atoms. The molecular formula is C11H24N2O3S. The molecule has 6 heteroatoms. The van der Waals surface area contributed by atoms with Crippen LogP contribution in [0.3, 0.4) is 0 Å². The molecule has 1 aliphatic rings. The number of rotatable bonds is 8. The van der Waals surface area contributed by atoms with Crippen LogP contribution in [0.5, 0.6) is 0 Å². The van der Waals surface area contributed by atoms with Gasteiger partial charge < -0.3 is 10.1 Å². The molecule has 5 nitrogen and oxygen atoms in total. The summed E-state index contributed by atoms with van der Waals surface area (Å²) in [7, 11) is -3.17. The molecule has 0 amide bonds. The molecular weight excluding hydrogens is 240 g/mol. The molecule has 0 spiro atoms. The standard InChI is InChI=1S/C11H24N2O3S/c1-10(2)16-8-9-17(14,15)13-7-5-11-4-3-6-12-11/h10-13H,3-9H2,1-2H3/t11-/m0/s1. The lowest BCUT2D eigenvalue weighted by molar-refractivity contribution is 0.0911. The Kier molecular flexibility index (Phi) is 6.40. The van der Waals surface area contributed by atoms with Gasteiger partial charge in [-0.2, -0.15) is 0 Å². The minimum Gasteiger partial charge on any atom is -0.378 e.